The Kier molecular flexibility index (Phi) is 6.44. The Labute approximate surface area is 127 Å². The summed E-state index contributed by atoms with van der Waals surface area (Å²) in [4.78, 5) is 2.24. The predicted molar refractivity (Wildman–Crippen MR) is 85.0 cm³/mol. The smallest absolute Gasteiger partial charge is 0.243 e. The third-order valence-corrected chi connectivity index (χ3v) is 5.18. The first-order chi connectivity index (χ1) is 9.82. The van der Waals surface area contributed by atoms with Gasteiger partial charge in [0.2, 0.25) is 10.0 Å². The van der Waals surface area contributed by atoms with Gasteiger partial charge in [-0.25, -0.2) is 8.42 Å². The van der Waals surface area contributed by atoms with Crippen LogP contribution in [0.2, 0.25) is 0 Å². The third kappa shape index (κ3) is 4.59. The lowest BCUT2D eigenvalue weighted by atomic mass is 10.3. The fraction of sp³-hybridized carbons (Fsp3) is 0.571. The molecule has 0 radical (unpaired) electrons. The molecule has 120 valence electrons. The van der Waals surface area contributed by atoms with Crippen molar-refractivity contribution in [1.82, 2.24) is 9.21 Å². The quantitative estimate of drug-likeness (QED) is 0.731. The third-order valence-electron chi connectivity index (χ3n) is 3.21. The Morgan fingerprint density at radius 2 is 1.90 bits per heavy atom. The van der Waals surface area contributed by atoms with Crippen molar-refractivity contribution in [2.75, 3.05) is 46.6 Å². The van der Waals surface area contributed by atoms with Crippen LogP contribution in [0.25, 0.3) is 0 Å². The maximum atomic E-state index is 12.6. The molecule has 0 unspecified atom stereocenters. The van der Waals surface area contributed by atoms with Crippen LogP contribution in [-0.4, -0.2) is 58.5 Å². The molecule has 0 saturated heterocycles. The van der Waals surface area contributed by atoms with Gasteiger partial charge in [-0.2, -0.15) is 4.31 Å². The first-order valence-electron chi connectivity index (χ1n) is 6.91. The van der Waals surface area contributed by atoms with Crippen molar-refractivity contribution in [1.29, 1.82) is 0 Å². The minimum atomic E-state index is -3.52. The molecule has 1 aromatic carbocycles. The molecule has 0 aliphatic carbocycles. The second-order valence-corrected chi connectivity index (χ2v) is 7.00. The van der Waals surface area contributed by atoms with Crippen molar-refractivity contribution in [2.24, 2.45) is 0 Å². The van der Waals surface area contributed by atoms with Gasteiger partial charge in [-0.05, 0) is 39.2 Å². The van der Waals surface area contributed by atoms with Crippen LogP contribution in [0, 0.1) is 0 Å². The summed E-state index contributed by atoms with van der Waals surface area (Å²) in [6.07, 6.45) is 0.784. The molecule has 0 spiro atoms. The van der Waals surface area contributed by atoms with E-state index in [1.807, 2.05) is 25.9 Å². The lowest BCUT2D eigenvalue weighted by Crippen LogP contribution is -2.33. The van der Waals surface area contributed by atoms with E-state index in [1.54, 1.807) is 6.07 Å². The molecule has 21 heavy (non-hydrogen) atoms. The molecule has 0 aliphatic heterocycles. The Morgan fingerprint density at radius 1 is 1.24 bits per heavy atom. The summed E-state index contributed by atoms with van der Waals surface area (Å²) in [5.41, 5.74) is 6.15. The molecular formula is C14H25N3O3S. The van der Waals surface area contributed by atoms with E-state index in [-0.39, 0.29) is 4.90 Å². The highest BCUT2D eigenvalue weighted by atomic mass is 32.2. The van der Waals surface area contributed by atoms with E-state index in [9.17, 15) is 8.42 Å². The molecule has 0 aliphatic rings. The Balaban J connectivity index is 2.96. The van der Waals surface area contributed by atoms with Crippen LogP contribution >= 0.6 is 0 Å². The van der Waals surface area contributed by atoms with E-state index >= 15 is 0 Å². The summed E-state index contributed by atoms with van der Waals surface area (Å²) in [7, 11) is 1.89. The highest BCUT2D eigenvalue weighted by Gasteiger charge is 2.23. The molecule has 1 aromatic rings. The van der Waals surface area contributed by atoms with E-state index in [2.05, 4.69) is 0 Å². The number of rotatable bonds is 8. The number of methoxy groups -OCH3 is 1. The Hall–Kier alpha value is -1.31. The van der Waals surface area contributed by atoms with Gasteiger partial charge in [0.25, 0.3) is 0 Å². The number of nitrogens with two attached hydrogens (primary N) is 1. The summed E-state index contributed by atoms with van der Waals surface area (Å²) < 4.78 is 31.8. The number of benzene rings is 1. The van der Waals surface area contributed by atoms with Gasteiger partial charge in [-0.1, -0.05) is 6.92 Å². The van der Waals surface area contributed by atoms with Crippen molar-refractivity contribution in [3.8, 4) is 5.75 Å². The molecule has 0 atom stereocenters. The van der Waals surface area contributed by atoms with Gasteiger partial charge in [0.15, 0.2) is 0 Å². The minimum Gasteiger partial charge on any atom is -0.495 e. The summed E-state index contributed by atoms with van der Waals surface area (Å²) in [5, 5.41) is 0. The number of hydrogen-bond acceptors (Lipinski definition) is 5. The summed E-state index contributed by atoms with van der Waals surface area (Å²) in [6, 6.07) is 4.54. The molecule has 7 heteroatoms. The Morgan fingerprint density at radius 3 is 2.43 bits per heavy atom. The second kappa shape index (κ2) is 7.63. The number of nitrogens with zero attached hydrogens (tertiary/aromatic N) is 2. The van der Waals surface area contributed by atoms with Crippen molar-refractivity contribution >= 4 is 15.7 Å². The van der Waals surface area contributed by atoms with Gasteiger partial charge in [-0.3, -0.25) is 0 Å². The SMILES string of the molecule is CCN(CCCN(C)C)S(=O)(=O)c1ccc(N)c(OC)c1. The van der Waals surface area contributed by atoms with Crippen LogP contribution in [0.4, 0.5) is 5.69 Å². The number of anilines is 1. The maximum absolute atomic E-state index is 12.6. The first kappa shape index (κ1) is 17.7. The fourth-order valence-electron chi connectivity index (χ4n) is 2.01. The van der Waals surface area contributed by atoms with Crippen LogP contribution in [0.1, 0.15) is 13.3 Å². The maximum Gasteiger partial charge on any atom is 0.243 e. The molecule has 0 heterocycles. The van der Waals surface area contributed by atoms with Crippen LogP contribution in [0.15, 0.2) is 23.1 Å². The van der Waals surface area contributed by atoms with Crippen LogP contribution < -0.4 is 10.5 Å². The number of ether oxygens (including phenoxy) is 1. The lowest BCUT2D eigenvalue weighted by Gasteiger charge is -2.22. The molecule has 0 fully saturated rings. The van der Waals surface area contributed by atoms with Crippen molar-refractivity contribution < 1.29 is 13.2 Å². The first-order valence-corrected chi connectivity index (χ1v) is 8.35. The van der Waals surface area contributed by atoms with Gasteiger partial charge < -0.3 is 15.4 Å². The zero-order chi connectivity index (χ0) is 16.0. The van der Waals surface area contributed by atoms with Crippen molar-refractivity contribution in [3.05, 3.63) is 18.2 Å². The molecule has 0 bridgehead atoms. The molecular weight excluding hydrogens is 290 g/mol. The van der Waals surface area contributed by atoms with E-state index in [4.69, 9.17) is 10.5 Å². The lowest BCUT2D eigenvalue weighted by molar-refractivity contribution is 0.356. The molecule has 0 saturated carbocycles. The Bertz CT molecular complexity index is 559. The van der Waals surface area contributed by atoms with Crippen molar-refractivity contribution in [3.63, 3.8) is 0 Å². The summed E-state index contributed by atoms with van der Waals surface area (Å²) in [5.74, 6) is 0.375. The highest BCUT2D eigenvalue weighted by Crippen LogP contribution is 2.26. The van der Waals surface area contributed by atoms with E-state index in [0.29, 0.717) is 24.5 Å². The normalized spacial score (nSPS) is 12.1. The van der Waals surface area contributed by atoms with Gasteiger partial charge in [-0.15, -0.1) is 0 Å². The highest BCUT2D eigenvalue weighted by molar-refractivity contribution is 7.89. The fourth-order valence-corrected chi connectivity index (χ4v) is 3.52. The van der Waals surface area contributed by atoms with Crippen molar-refractivity contribution in [2.45, 2.75) is 18.2 Å². The number of sulfonamides is 1. The van der Waals surface area contributed by atoms with E-state index in [1.165, 1.54) is 23.5 Å². The molecule has 2 N–H and O–H groups in total. The second-order valence-electron chi connectivity index (χ2n) is 5.06. The number of nitrogen functional groups attached to an aromatic ring is 1. The molecule has 6 nitrogen and oxygen atoms in total. The van der Waals surface area contributed by atoms with Crippen LogP contribution in [0.5, 0.6) is 5.75 Å². The average molecular weight is 315 g/mol. The van der Waals surface area contributed by atoms with Gasteiger partial charge in [0.1, 0.15) is 5.75 Å². The summed E-state index contributed by atoms with van der Waals surface area (Å²) >= 11 is 0. The van der Waals surface area contributed by atoms with Gasteiger partial charge in [0, 0.05) is 19.2 Å². The topological polar surface area (TPSA) is 75.9 Å². The zero-order valence-corrected chi connectivity index (χ0v) is 14.0. The van der Waals surface area contributed by atoms with Crippen LogP contribution in [-0.2, 0) is 10.0 Å². The van der Waals surface area contributed by atoms with Gasteiger partial charge in [0.05, 0.1) is 17.7 Å². The standard InChI is InChI=1S/C14H25N3O3S/c1-5-17(10-6-9-16(2)3)21(18,19)12-7-8-13(15)14(11-12)20-4/h7-8,11H,5-6,9-10,15H2,1-4H3. The molecule has 0 amide bonds. The molecule has 0 aromatic heterocycles. The van der Waals surface area contributed by atoms with Gasteiger partial charge >= 0.3 is 0 Å². The zero-order valence-electron chi connectivity index (χ0n) is 13.2. The molecule has 1 rings (SSSR count). The minimum absolute atomic E-state index is 0.209. The number of hydrogen-bond donors (Lipinski definition) is 1. The van der Waals surface area contributed by atoms with E-state index in [0.717, 1.165) is 13.0 Å². The predicted octanol–water partition coefficient (Wildman–Crippen LogP) is 1.24. The van der Waals surface area contributed by atoms with Crippen LogP contribution in [0.3, 0.4) is 0 Å². The van der Waals surface area contributed by atoms with E-state index < -0.39 is 10.0 Å². The monoisotopic (exact) mass is 315 g/mol. The largest absolute Gasteiger partial charge is 0.495 e. The summed E-state index contributed by atoms with van der Waals surface area (Å²) in [6.45, 7) is 3.60. The average Bonchev–Trinajstić information content (AvgIpc) is 2.43.